The summed E-state index contributed by atoms with van der Waals surface area (Å²) in [5.41, 5.74) is 0. The summed E-state index contributed by atoms with van der Waals surface area (Å²) in [6, 6.07) is 4.73. The normalized spacial score (nSPS) is 19.0. The molecule has 0 bridgehead atoms. The maximum atomic E-state index is 6.01. The summed E-state index contributed by atoms with van der Waals surface area (Å²) in [7, 11) is 0. The maximum absolute atomic E-state index is 6.01. The average molecular weight is 288 g/mol. The van der Waals surface area contributed by atoms with Crippen LogP contribution in [0.1, 0.15) is 31.1 Å². The van der Waals surface area contributed by atoms with Crippen molar-refractivity contribution in [3.63, 3.8) is 0 Å². The van der Waals surface area contributed by atoms with Crippen LogP contribution in [-0.4, -0.2) is 25.8 Å². The fourth-order valence-electron chi connectivity index (χ4n) is 2.53. The van der Waals surface area contributed by atoms with E-state index in [2.05, 4.69) is 18.3 Å². The standard InChI is InChI=1S/C14H22ClNOS/c1-2-7-16-13(11-5-8-17-9-6-11)10-12-3-4-14(15)18-12/h3-4,11,13,16H,2,5-10H2,1H3. The van der Waals surface area contributed by atoms with Gasteiger partial charge in [-0.2, -0.15) is 0 Å². The van der Waals surface area contributed by atoms with E-state index in [1.165, 1.54) is 24.1 Å². The number of ether oxygens (including phenoxy) is 1. The Balaban J connectivity index is 1.94. The Hall–Kier alpha value is -0.0900. The molecule has 1 N–H and O–H groups in total. The predicted octanol–water partition coefficient (Wildman–Crippen LogP) is 3.74. The summed E-state index contributed by atoms with van der Waals surface area (Å²) in [6.45, 7) is 5.15. The van der Waals surface area contributed by atoms with Gasteiger partial charge in [0, 0.05) is 24.1 Å². The lowest BCUT2D eigenvalue weighted by molar-refractivity contribution is 0.0539. The minimum Gasteiger partial charge on any atom is -0.381 e. The molecule has 2 heterocycles. The number of halogens is 1. The topological polar surface area (TPSA) is 21.3 Å². The molecule has 102 valence electrons. The van der Waals surface area contributed by atoms with E-state index in [0.29, 0.717) is 6.04 Å². The fraction of sp³-hybridized carbons (Fsp3) is 0.714. The molecule has 1 aliphatic rings. The smallest absolute Gasteiger partial charge is 0.0931 e. The number of rotatable bonds is 6. The van der Waals surface area contributed by atoms with Crippen molar-refractivity contribution in [2.24, 2.45) is 5.92 Å². The second-order valence-corrected chi connectivity index (χ2v) is 6.72. The van der Waals surface area contributed by atoms with Crippen molar-refractivity contribution in [2.45, 2.75) is 38.6 Å². The van der Waals surface area contributed by atoms with Crippen LogP contribution in [-0.2, 0) is 11.2 Å². The van der Waals surface area contributed by atoms with E-state index in [9.17, 15) is 0 Å². The van der Waals surface area contributed by atoms with Gasteiger partial charge in [-0.25, -0.2) is 0 Å². The first-order valence-electron chi connectivity index (χ1n) is 6.85. The highest BCUT2D eigenvalue weighted by molar-refractivity contribution is 7.16. The number of hydrogen-bond acceptors (Lipinski definition) is 3. The number of hydrogen-bond donors (Lipinski definition) is 1. The van der Waals surface area contributed by atoms with Gasteiger partial charge in [0.2, 0.25) is 0 Å². The molecule has 2 rings (SSSR count). The van der Waals surface area contributed by atoms with E-state index in [1.54, 1.807) is 11.3 Å². The molecule has 0 radical (unpaired) electrons. The second-order valence-electron chi connectivity index (χ2n) is 4.92. The van der Waals surface area contributed by atoms with Crippen molar-refractivity contribution in [3.8, 4) is 0 Å². The average Bonchev–Trinajstić information content (AvgIpc) is 2.81. The third kappa shape index (κ3) is 4.23. The van der Waals surface area contributed by atoms with Crippen LogP contribution >= 0.6 is 22.9 Å². The van der Waals surface area contributed by atoms with Gasteiger partial charge in [-0.1, -0.05) is 18.5 Å². The Morgan fingerprint density at radius 1 is 1.44 bits per heavy atom. The molecule has 1 aliphatic heterocycles. The monoisotopic (exact) mass is 287 g/mol. The van der Waals surface area contributed by atoms with Crippen molar-refractivity contribution < 1.29 is 4.74 Å². The third-order valence-electron chi connectivity index (χ3n) is 3.54. The predicted molar refractivity (Wildman–Crippen MR) is 78.7 cm³/mol. The SMILES string of the molecule is CCCNC(Cc1ccc(Cl)s1)C1CCOCC1. The molecular formula is C14H22ClNOS. The lowest BCUT2D eigenvalue weighted by Gasteiger charge is -2.31. The lowest BCUT2D eigenvalue weighted by Crippen LogP contribution is -2.40. The van der Waals surface area contributed by atoms with Gasteiger partial charge in [0.15, 0.2) is 0 Å². The first-order chi connectivity index (χ1) is 8.79. The highest BCUT2D eigenvalue weighted by Crippen LogP contribution is 2.26. The molecule has 2 nitrogen and oxygen atoms in total. The van der Waals surface area contributed by atoms with E-state index in [1.807, 2.05) is 6.07 Å². The molecule has 0 amide bonds. The second kappa shape index (κ2) is 7.49. The summed E-state index contributed by atoms with van der Waals surface area (Å²) in [5, 5.41) is 3.70. The number of nitrogens with one attached hydrogen (secondary N) is 1. The molecule has 4 heteroatoms. The van der Waals surface area contributed by atoms with Crippen LogP contribution in [0.15, 0.2) is 12.1 Å². The molecule has 0 saturated carbocycles. The molecule has 0 spiro atoms. The van der Waals surface area contributed by atoms with Gasteiger partial charge < -0.3 is 10.1 Å². The Labute approximate surface area is 119 Å². The Bertz CT molecular complexity index is 349. The zero-order valence-electron chi connectivity index (χ0n) is 11.0. The molecule has 1 aromatic rings. The summed E-state index contributed by atoms with van der Waals surface area (Å²) in [4.78, 5) is 1.39. The van der Waals surface area contributed by atoms with Gasteiger partial charge in [-0.05, 0) is 50.3 Å². The number of thiophene rings is 1. The Morgan fingerprint density at radius 3 is 2.83 bits per heavy atom. The van der Waals surface area contributed by atoms with Crippen LogP contribution in [0.4, 0.5) is 0 Å². The molecule has 1 saturated heterocycles. The van der Waals surface area contributed by atoms with Gasteiger partial charge in [-0.15, -0.1) is 11.3 Å². The summed E-state index contributed by atoms with van der Waals surface area (Å²) >= 11 is 7.72. The van der Waals surface area contributed by atoms with Crippen LogP contribution in [0.3, 0.4) is 0 Å². The van der Waals surface area contributed by atoms with E-state index < -0.39 is 0 Å². The highest BCUT2D eigenvalue weighted by Gasteiger charge is 2.24. The van der Waals surface area contributed by atoms with Gasteiger partial charge in [0.1, 0.15) is 0 Å². The maximum Gasteiger partial charge on any atom is 0.0931 e. The minimum atomic E-state index is 0.573. The van der Waals surface area contributed by atoms with E-state index >= 15 is 0 Å². The Morgan fingerprint density at radius 2 is 2.22 bits per heavy atom. The van der Waals surface area contributed by atoms with Crippen molar-refractivity contribution in [1.29, 1.82) is 0 Å². The van der Waals surface area contributed by atoms with Crippen molar-refractivity contribution in [3.05, 3.63) is 21.3 Å². The summed E-state index contributed by atoms with van der Waals surface area (Å²) < 4.78 is 6.36. The van der Waals surface area contributed by atoms with Crippen LogP contribution in [0.2, 0.25) is 4.34 Å². The molecule has 0 aromatic carbocycles. The molecular weight excluding hydrogens is 266 g/mol. The van der Waals surface area contributed by atoms with Crippen molar-refractivity contribution >= 4 is 22.9 Å². The van der Waals surface area contributed by atoms with E-state index in [-0.39, 0.29) is 0 Å². The quantitative estimate of drug-likeness (QED) is 0.861. The third-order valence-corrected chi connectivity index (χ3v) is 4.79. The largest absolute Gasteiger partial charge is 0.381 e. The lowest BCUT2D eigenvalue weighted by atomic mass is 9.89. The highest BCUT2D eigenvalue weighted by atomic mass is 35.5. The Kier molecular flexibility index (Phi) is 5.96. The van der Waals surface area contributed by atoms with Gasteiger partial charge in [-0.3, -0.25) is 0 Å². The molecule has 1 unspecified atom stereocenters. The molecule has 1 aromatic heterocycles. The van der Waals surface area contributed by atoms with Crippen molar-refractivity contribution in [1.82, 2.24) is 5.32 Å². The zero-order chi connectivity index (χ0) is 12.8. The van der Waals surface area contributed by atoms with E-state index in [0.717, 1.165) is 36.4 Å². The van der Waals surface area contributed by atoms with Crippen molar-refractivity contribution in [2.75, 3.05) is 19.8 Å². The summed E-state index contributed by atoms with van der Waals surface area (Å²) in [5.74, 6) is 0.742. The summed E-state index contributed by atoms with van der Waals surface area (Å²) in [6.07, 6.45) is 4.65. The molecule has 18 heavy (non-hydrogen) atoms. The van der Waals surface area contributed by atoms with Crippen LogP contribution in [0, 0.1) is 5.92 Å². The van der Waals surface area contributed by atoms with Crippen LogP contribution in [0.5, 0.6) is 0 Å². The van der Waals surface area contributed by atoms with Gasteiger partial charge in [0.05, 0.1) is 4.34 Å². The van der Waals surface area contributed by atoms with Crippen LogP contribution in [0.25, 0.3) is 0 Å². The van der Waals surface area contributed by atoms with Gasteiger partial charge >= 0.3 is 0 Å². The van der Waals surface area contributed by atoms with Gasteiger partial charge in [0.25, 0.3) is 0 Å². The first-order valence-corrected chi connectivity index (χ1v) is 8.04. The molecule has 1 fully saturated rings. The zero-order valence-corrected chi connectivity index (χ0v) is 12.5. The minimum absolute atomic E-state index is 0.573. The first kappa shape index (κ1) is 14.3. The molecule has 0 aliphatic carbocycles. The van der Waals surface area contributed by atoms with E-state index in [4.69, 9.17) is 16.3 Å². The molecule has 1 atom stereocenters. The fourth-order valence-corrected chi connectivity index (χ4v) is 3.68. The van der Waals surface area contributed by atoms with Crippen LogP contribution < -0.4 is 5.32 Å².